The molecule has 0 saturated carbocycles. The molecule has 0 spiro atoms. The topological polar surface area (TPSA) is 0 Å². The third kappa shape index (κ3) is 2.54. The van der Waals surface area contributed by atoms with Gasteiger partial charge in [-0.1, -0.05) is 32.0 Å². The number of benzene rings is 1. The molecule has 0 N–H and O–H groups in total. The normalized spacial score (nSPS) is 15.3. The highest BCUT2D eigenvalue weighted by molar-refractivity contribution is 7.12. The second kappa shape index (κ2) is 5.91. The molecule has 0 amide bonds. The second-order valence-corrected chi connectivity index (χ2v) is 7.16. The Morgan fingerprint density at radius 3 is 2.70 bits per heavy atom. The fraction of sp³-hybridized carbons (Fsp3) is 0.444. The van der Waals surface area contributed by atoms with Gasteiger partial charge in [0.1, 0.15) is 0 Å². The molecule has 1 atom stereocenters. The van der Waals surface area contributed by atoms with Crippen molar-refractivity contribution in [2.75, 3.05) is 0 Å². The van der Waals surface area contributed by atoms with E-state index in [1.54, 1.807) is 10.4 Å². The summed E-state index contributed by atoms with van der Waals surface area (Å²) in [6.07, 6.45) is 5.93. The summed E-state index contributed by atoms with van der Waals surface area (Å²) >= 11 is 8.75. The lowest BCUT2D eigenvalue weighted by molar-refractivity contribution is 0.913. The molecule has 0 bridgehead atoms. The van der Waals surface area contributed by atoms with Gasteiger partial charge in [0.25, 0.3) is 0 Å². The highest BCUT2D eigenvalue weighted by Gasteiger charge is 2.21. The summed E-state index contributed by atoms with van der Waals surface area (Å²) in [6.45, 7) is 4.41. The second-order valence-electron chi connectivity index (χ2n) is 5.55. The molecule has 106 valence electrons. The monoisotopic (exact) mass is 304 g/mol. The molecule has 1 aromatic heterocycles. The number of aryl methyl sites for hydroxylation is 4. The number of halogens is 1. The van der Waals surface area contributed by atoms with Gasteiger partial charge in [-0.05, 0) is 60.4 Å². The predicted octanol–water partition coefficient (Wildman–Crippen LogP) is 5.69. The molecular weight excluding hydrogens is 284 g/mol. The van der Waals surface area contributed by atoms with Gasteiger partial charge in [0.15, 0.2) is 0 Å². The molecule has 1 unspecified atom stereocenters. The Kier molecular flexibility index (Phi) is 4.18. The van der Waals surface area contributed by atoms with E-state index in [9.17, 15) is 0 Å². The van der Waals surface area contributed by atoms with Crippen molar-refractivity contribution in [3.05, 3.63) is 56.3 Å². The van der Waals surface area contributed by atoms with Gasteiger partial charge in [-0.2, -0.15) is 0 Å². The first kappa shape index (κ1) is 14.2. The molecular formula is C18H21ClS. The maximum Gasteiger partial charge on any atom is 0.0930 e. The predicted molar refractivity (Wildman–Crippen MR) is 89.2 cm³/mol. The Labute approximate surface area is 130 Å². The van der Waals surface area contributed by atoms with E-state index in [1.165, 1.54) is 40.8 Å². The molecule has 2 aromatic rings. The van der Waals surface area contributed by atoms with Crippen LogP contribution in [0.25, 0.3) is 0 Å². The molecule has 0 radical (unpaired) electrons. The van der Waals surface area contributed by atoms with E-state index in [0.29, 0.717) is 0 Å². The molecule has 1 aromatic carbocycles. The third-order valence-corrected chi connectivity index (χ3v) is 6.19. The van der Waals surface area contributed by atoms with Gasteiger partial charge in [-0.15, -0.1) is 22.9 Å². The van der Waals surface area contributed by atoms with Gasteiger partial charge in [-0.25, -0.2) is 0 Å². The third-order valence-electron chi connectivity index (χ3n) is 4.29. The first-order valence-corrected chi connectivity index (χ1v) is 8.85. The Morgan fingerprint density at radius 2 is 2.00 bits per heavy atom. The van der Waals surface area contributed by atoms with Crippen LogP contribution in [0.2, 0.25) is 0 Å². The van der Waals surface area contributed by atoms with Crippen LogP contribution < -0.4 is 0 Å². The average Bonchev–Trinajstić information content (AvgIpc) is 3.07. The van der Waals surface area contributed by atoms with Crippen molar-refractivity contribution >= 4 is 22.9 Å². The summed E-state index contributed by atoms with van der Waals surface area (Å²) in [7, 11) is 0. The summed E-state index contributed by atoms with van der Waals surface area (Å²) in [6, 6.07) is 9.15. The van der Waals surface area contributed by atoms with E-state index in [0.717, 1.165) is 12.8 Å². The minimum absolute atomic E-state index is 0.0204. The van der Waals surface area contributed by atoms with Crippen LogP contribution in [0.15, 0.2) is 24.3 Å². The molecule has 1 aliphatic carbocycles. The minimum Gasteiger partial charge on any atom is -0.143 e. The summed E-state index contributed by atoms with van der Waals surface area (Å²) in [5, 5.41) is 0.0204. The molecule has 0 fully saturated rings. The highest BCUT2D eigenvalue weighted by Crippen LogP contribution is 2.40. The lowest BCUT2D eigenvalue weighted by atomic mass is 9.97. The Balaban J connectivity index is 1.97. The van der Waals surface area contributed by atoms with E-state index in [-0.39, 0.29) is 5.38 Å². The maximum absolute atomic E-state index is 6.82. The summed E-state index contributed by atoms with van der Waals surface area (Å²) < 4.78 is 0. The van der Waals surface area contributed by atoms with Gasteiger partial charge in [0.05, 0.1) is 5.38 Å². The van der Waals surface area contributed by atoms with Gasteiger partial charge in [-0.3, -0.25) is 0 Å². The lowest BCUT2D eigenvalue weighted by Gasteiger charge is -2.14. The van der Waals surface area contributed by atoms with Crippen LogP contribution in [0, 0.1) is 0 Å². The molecule has 0 aliphatic heterocycles. The van der Waals surface area contributed by atoms with E-state index in [2.05, 4.69) is 38.1 Å². The van der Waals surface area contributed by atoms with Gasteiger partial charge < -0.3 is 0 Å². The van der Waals surface area contributed by atoms with Crippen molar-refractivity contribution in [3.8, 4) is 0 Å². The molecule has 20 heavy (non-hydrogen) atoms. The summed E-state index contributed by atoms with van der Waals surface area (Å²) in [5.41, 5.74) is 5.62. The standard InChI is InChI=1S/C18H21ClS/c1-3-12-8-9-13(4-2)15(10-12)18(19)17-11-14-6-5-7-16(14)20-17/h8-11,18H,3-7H2,1-2H3. The molecule has 0 nitrogen and oxygen atoms in total. The number of alkyl halides is 1. The maximum atomic E-state index is 6.82. The van der Waals surface area contributed by atoms with Crippen LogP contribution in [-0.4, -0.2) is 0 Å². The zero-order chi connectivity index (χ0) is 14.1. The van der Waals surface area contributed by atoms with Gasteiger partial charge in [0.2, 0.25) is 0 Å². The number of rotatable bonds is 4. The Bertz CT molecular complexity index is 590. The number of thiophene rings is 1. The Hall–Kier alpha value is -0.790. The van der Waals surface area contributed by atoms with E-state index >= 15 is 0 Å². The molecule has 3 rings (SSSR count). The van der Waals surface area contributed by atoms with Crippen molar-refractivity contribution < 1.29 is 0 Å². The van der Waals surface area contributed by atoms with Crippen LogP contribution in [-0.2, 0) is 25.7 Å². The average molecular weight is 305 g/mol. The zero-order valence-corrected chi connectivity index (χ0v) is 13.8. The molecule has 2 heteroatoms. The Morgan fingerprint density at radius 1 is 1.15 bits per heavy atom. The van der Waals surface area contributed by atoms with Crippen LogP contribution in [0.5, 0.6) is 0 Å². The van der Waals surface area contributed by atoms with E-state index < -0.39 is 0 Å². The number of fused-ring (bicyclic) bond motifs is 1. The first-order valence-electron chi connectivity index (χ1n) is 7.60. The molecule has 1 heterocycles. The fourth-order valence-corrected chi connectivity index (χ4v) is 4.71. The number of hydrogen-bond acceptors (Lipinski definition) is 1. The zero-order valence-electron chi connectivity index (χ0n) is 12.2. The smallest absolute Gasteiger partial charge is 0.0930 e. The quantitative estimate of drug-likeness (QED) is 0.637. The minimum atomic E-state index is 0.0204. The summed E-state index contributed by atoms with van der Waals surface area (Å²) in [4.78, 5) is 2.90. The fourth-order valence-electron chi connectivity index (χ4n) is 3.05. The van der Waals surface area contributed by atoms with Crippen LogP contribution in [0.4, 0.5) is 0 Å². The van der Waals surface area contributed by atoms with E-state index in [1.807, 2.05) is 11.3 Å². The van der Waals surface area contributed by atoms with Crippen molar-refractivity contribution in [1.29, 1.82) is 0 Å². The van der Waals surface area contributed by atoms with Crippen molar-refractivity contribution in [3.63, 3.8) is 0 Å². The highest BCUT2D eigenvalue weighted by atomic mass is 35.5. The van der Waals surface area contributed by atoms with Gasteiger partial charge >= 0.3 is 0 Å². The van der Waals surface area contributed by atoms with Crippen LogP contribution >= 0.6 is 22.9 Å². The van der Waals surface area contributed by atoms with Crippen molar-refractivity contribution in [2.45, 2.75) is 51.3 Å². The van der Waals surface area contributed by atoms with Gasteiger partial charge in [0, 0.05) is 9.75 Å². The summed E-state index contributed by atoms with van der Waals surface area (Å²) in [5.74, 6) is 0. The number of hydrogen-bond donors (Lipinski definition) is 0. The molecule has 1 aliphatic rings. The van der Waals surface area contributed by atoms with Crippen LogP contribution in [0.3, 0.4) is 0 Å². The lowest BCUT2D eigenvalue weighted by Crippen LogP contribution is -1.98. The van der Waals surface area contributed by atoms with Crippen molar-refractivity contribution in [1.82, 2.24) is 0 Å². The van der Waals surface area contributed by atoms with E-state index in [4.69, 9.17) is 11.6 Å². The first-order chi connectivity index (χ1) is 9.72. The SMILES string of the molecule is CCc1ccc(CC)c(C(Cl)c2cc3c(s2)CCC3)c1. The molecule has 0 saturated heterocycles. The van der Waals surface area contributed by atoms with Crippen molar-refractivity contribution in [2.24, 2.45) is 0 Å². The largest absolute Gasteiger partial charge is 0.143 e. The van der Waals surface area contributed by atoms with Crippen LogP contribution in [0.1, 0.15) is 57.7 Å².